The van der Waals surface area contributed by atoms with E-state index in [1.165, 1.54) is 88.2 Å². The summed E-state index contributed by atoms with van der Waals surface area (Å²) in [6, 6.07) is 6.56. The number of nitrogens with zero attached hydrogens (tertiary/aromatic N) is 1. The maximum absolute atomic E-state index is 6.11. The minimum atomic E-state index is 0.879. The van der Waals surface area contributed by atoms with Gasteiger partial charge in [0.05, 0.1) is 6.61 Å². The lowest BCUT2D eigenvalue weighted by Gasteiger charge is -2.26. The van der Waals surface area contributed by atoms with Crippen molar-refractivity contribution in [2.45, 2.75) is 96.9 Å². The fourth-order valence-corrected chi connectivity index (χ4v) is 3.98. The molecule has 148 valence electrons. The molecule has 2 nitrogen and oxygen atoms in total. The van der Waals surface area contributed by atoms with Crippen LogP contribution in [0.4, 0.5) is 0 Å². The molecular weight excluding hydrogens is 318 g/mol. The lowest BCUT2D eigenvalue weighted by molar-refractivity contribution is 0.283. The van der Waals surface area contributed by atoms with Crippen LogP contribution in [0.1, 0.15) is 95.1 Å². The van der Waals surface area contributed by atoms with Crippen molar-refractivity contribution in [3.63, 3.8) is 0 Å². The maximum atomic E-state index is 6.11. The normalized spacial score (nSPS) is 14.4. The van der Waals surface area contributed by atoms with Crippen molar-refractivity contribution < 1.29 is 4.74 Å². The van der Waals surface area contributed by atoms with Crippen molar-refractivity contribution in [3.8, 4) is 5.75 Å². The number of benzene rings is 1. The van der Waals surface area contributed by atoms with Crippen molar-refractivity contribution in [1.82, 2.24) is 4.90 Å². The van der Waals surface area contributed by atoms with E-state index in [1.54, 1.807) is 0 Å². The van der Waals surface area contributed by atoms with E-state index in [2.05, 4.69) is 37.1 Å². The smallest absolute Gasteiger partial charge is 0.122 e. The Morgan fingerprint density at radius 3 is 2.12 bits per heavy atom. The van der Waals surface area contributed by atoms with Gasteiger partial charge in [0.25, 0.3) is 0 Å². The van der Waals surface area contributed by atoms with Crippen LogP contribution in [-0.4, -0.2) is 25.1 Å². The van der Waals surface area contributed by atoms with Gasteiger partial charge in [0, 0.05) is 13.1 Å². The Bertz CT molecular complexity index is 485. The molecular formula is C24H41NO. The number of unbranched alkanes of at least 4 members (excludes halogenated alkanes) is 11. The quantitative estimate of drug-likeness (QED) is 0.340. The zero-order chi connectivity index (χ0) is 18.5. The summed E-state index contributed by atoms with van der Waals surface area (Å²) >= 11 is 0. The summed E-state index contributed by atoms with van der Waals surface area (Å²) < 4.78 is 6.11. The number of fused-ring (bicyclic) bond motifs is 1. The largest absolute Gasteiger partial charge is 0.493 e. The van der Waals surface area contributed by atoms with E-state index >= 15 is 0 Å². The topological polar surface area (TPSA) is 12.5 Å². The van der Waals surface area contributed by atoms with Crippen LogP contribution in [-0.2, 0) is 13.0 Å². The molecule has 0 amide bonds. The van der Waals surface area contributed by atoms with E-state index in [0.717, 1.165) is 31.9 Å². The Morgan fingerprint density at radius 1 is 0.846 bits per heavy atom. The minimum Gasteiger partial charge on any atom is -0.493 e. The fraction of sp³-hybridized carbons (Fsp3) is 0.750. The monoisotopic (exact) mass is 359 g/mol. The molecule has 0 N–H and O–H groups in total. The van der Waals surface area contributed by atoms with Crippen LogP contribution in [0.5, 0.6) is 5.75 Å². The molecule has 2 rings (SSSR count). The molecule has 26 heavy (non-hydrogen) atoms. The van der Waals surface area contributed by atoms with Crippen molar-refractivity contribution in [3.05, 3.63) is 29.3 Å². The first kappa shape index (κ1) is 21.3. The highest BCUT2D eigenvalue weighted by Gasteiger charge is 2.16. The Kier molecular flexibility index (Phi) is 10.8. The minimum absolute atomic E-state index is 0.879. The standard InChI is InChI=1S/C24H41NO/c1-3-4-5-6-7-8-9-10-11-12-13-14-20-26-24-17-15-16-22-21-25(2)19-18-23(22)24/h15-17H,3-14,18-21H2,1-2H3. The molecule has 0 aromatic heterocycles. The molecule has 0 saturated carbocycles. The van der Waals surface area contributed by atoms with Crippen molar-refractivity contribution in [2.75, 3.05) is 20.2 Å². The second-order valence-corrected chi connectivity index (χ2v) is 8.12. The summed E-state index contributed by atoms with van der Waals surface area (Å²) in [7, 11) is 2.20. The van der Waals surface area contributed by atoms with E-state index in [0.29, 0.717) is 0 Å². The van der Waals surface area contributed by atoms with Gasteiger partial charge in [0.1, 0.15) is 5.75 Å². The first-order chi connectivity index (χ1) is 12.8. The SMILES string of the molecule is CCCCCCCCCCCCCCOc1cccc2c1CCN(C)C2. The molecule has 1 aliphatic rings. The second kappa shape index (κ2) is 13.2. The van der Waals surface area contributed by atoms with Gasteiger partial charge < -0.3 is 9.64 Å². The third-order valence-electron chi connectivity index (χ3n) is 5.67. The zero-order valence-corrected chi connectivity index (χ0v) is 17.4. The van der Waals surface area contributed by atoms with Gasteiger partial charge in [-0.3, -0.25) is 0 Å². The molecule has 0 saturated heterocycles. The highest BCUT2D eigenvalue weighted by atomic mass is 16.5. The fourth-order valence-electron chi connectivity index (χ4n) is 3.98. The molecule has 2 heteroatoms. The molecule has 0 bridgehead atoms. The Labute approximate surface area is 162 Å². The molecule has 0 atom stereocenters. The van der Waals surface area contributed by atoms with Gasteiger partial charge in [-0.15, -0.1) is 0 Å². The third-order valence-corrected chi connectivity index (χ3v) is 5.67. The van der Waals surface area contributed by atoms with Crippen LogP contribution in [0.2, 0.25) is 0 Å². The first-order valence-corrected chi connectivity index (χ1v) is 11.2. The van der Waals surface area contributed by atoms with Crippen LogP contribution in [0.25, 0.3) is 0 Å². The number of likely N-dealkylation sites (N-methyl/N-ethyl adjacent to an activating group) is 1. The molecule has 0 spiro atoms. The first-order valence-electron chi connectivity index (χ1n) is 11.2. The van der Waals surface area contributed by atoms with Gasteiger partial charge in [-0.25, -0.2) is 0 Å². The third kappa shape index (κ3) is 8.12. The number of ether oxygens (including phenoxy) is 1. The number of rotatable bonds is 14. The lowest BCUT2D eigenvalue weighted by atomic mass is 9.99. The van der Waals surface area contributed by atoms with Crippen LogP contribution >= 0.6 is 0 Å². The molecule has 1 aliphatic heterocycles. The Balaban J connectivity index is 1.46. The van der Waals surface area contributed by atoms with Crippen LogP contribution in [0.15, 0.2) is 18.2 Å². The van der Waals surface area contributed by atoms with E-state index < -0.39 is 0 Å². The summed E-state index contributed by atoms with van der Waals surface area (Å²) in [5, 5.41) is 0. The van der Waals surface area contributed by atoms with E-state index in [-0.39, 0.29) is 0 Å². The Morgan fingerprint density at radius 2 is 1.46 bits per heavy atom. The summed E-state index contributed by atoms with van der Waals surface area (Å²) in [5.41, 5.74) is 2.90. The molecule has 0 aliphatic carbocycles. The summed E-state index contributed by atoms with van der Waals surface area (Å²) in [6.07, 6.45) is 17.8. The van der Waals surface area contributed by atoms with Gasteiger partial charge in [0.2, 0.25) is 0 Å². The molecule has 0 radical (unpaired) electrons. The zero-order valence-electron chi connectivity index (χ0n) is 17.4. The second-order valence-electron chi connectivity index (χ2n) is 8.12. The van der Waals surface area contributed by atoms with Gasteiger partial charge in [-0.05, 0) is 37.1 Å². The van der Waals surface area contributed by atoms with Crippen molar-refractivity contribution >= 4 is 0 Å². The predicted molar refractivity (Wildman–Crippen MR) is 113 cm³/mol. The summed E-state index contributed by atoms with van der Waals surface area (Å²) in [4.78, 5) is 2.39. The van der Waals surface area contributed by atoms with E-state index in [1.807, 2.05) is 0 Å². The van der Waals surface area contributed by atoms with Gasteiger partial charge in [-0.2, -0.15) is 0 Å². The summed E-state index contributed by atoms with van der Waals surface area (Å²) in [5.74, 6) is 1.14. The highest BCUT2D eigenvalue weighted by molar-refractivity contribution is 5.41. The maximum Gasteiger partial charge on any atom is 0.122 e. The lowest BCUT2D eigenvalue weighted by Crippen LogP contribution is -2.26. The van der Waals surface area contributed by atoms with Gasteiger partial charge in [0.15, 0.2) is 0 Å². The highest BCUT2D eigenvalue weighted by Crippen LogP contribution is 2.27. The van der Waals surface area contributed by atoms with Crippen molar-refractivity contribution in [2.24, 2.45) is 0 Å². The van der Waals surface area contributed by atoms with Gasteiger partial charge >= 0.3 is 0 Å². The Hall–Kier alpha value is -1.02. The summed E-state index contributed by atoms with van der Waals surface area (Å²) in [6.45, 7) is 5.37. The van der Waals surface area contributed by atoms with Crippen LogP contribution in [0, 0.1) is 0 Å². The predicted octanol–water partition coefficient (Wildman–Crippen LogP) is 6.75. The molecule has 1 aromatic carbocycles. The van der Waals surface area contributed by atoms with E-state index in [4.69, 9.17) is 4.74 Å². The molecule has 0 unspecified atom stereocenters. The average Bonchev–Trinajstić information content (AvgIpc) is 2.65. The van der Waals surface area contributed by atoms with Crippen molar-refractivity contribution in [1.29, 1.82) is 0 Å². The average molecular weight is 360 g/mol. The van der Waals surface area contributed by atoms with Crippen LogP contribution in [0.3, 0.4) is 0 Å². The van der Waals surface area contributed by atoms with E-state index in [9.17, 15) is 0 Å². The van der Waals surface area contributed by atoms with Gasteiger partial charge in [-0.1, -0.05) is 89.7 Å². The molecule has 0 fully saturated rings. The van der Waals surface area contributed by atoms with Crippen LogP contribution < -0.4 is 4.74 Å². The molecule has 1 aromatic rings. The number of hydrogen-bond acceptors (Lipinski definition) is 2. The number of hydrogen-bond donors (Lipinski definition) is 0. The molecule has 1 heterocycles.